The number of pyridine rings is 2. The Labute approximate surface area is 110 Å². The van der Waals surface area contributed by atoms with Crippen molar-refractivity contribution in [2.24, 2.45) is 0 Å². The van der Waals surface area contributed by atoms with Gasteiger partial charge in [-0.3, -0.25) is 9.97 Å². The number of rotatable bonds is 4. The first-order chi connectivity index (χ1) is 9.06. The average Bonchev–Trinajstić information content (AvgIpc) is 2.38. The molecule has 5 heteroatoms. The molecule has 0 aliphatic rings. The summed E-state index contributed by atoms with van der Waals surface area (Å²) in [7, 11) is 0. The first-order valence-electron chi connectivity index (χ1n) is 5.97. The molecule has 4 nitrogen and oxygen atoms in total. The van der Waals surface area contributed by atoms with Crippen molar-refractivity contribution in [3.05, 3.63) is 53.9 Å². The monoisotopic (exact) mass is 262 g/mol. The van der Waals surface area contributed by atoms with Crippen LogP contribution in [0.5, 0.6) is 5.75 Å². The molecule has 0 bridgehead atoms. The zero-order valence-corrected chi connectivity index (χ0v) is 10.7. The Hall–Kier alpha value is -2.01. The summed E-state index contributed by atoms with van der Waals surface area (Å²) in [4.78, 5) is 7.87. The van der Waals surface area contributed by atoms with E-state index in [4.69, 9.17) is 4.74 Å². The summed E-state index contributed by atoms with van der Waals surface area (Å²) in [6, 6.07) is 4.39. The highest BCUT2D eigenvalue weighted by Crippen LogP contribution is 2.23. The van der Waals surface area contributed by atoms with Crippen LogP contribution in [0.15, 0.2) is 36.8 Å². The van der Waals surface area contributed by atoms with Crippen LogP contribution in [0.1, 0.15) is 31.2 Å². The summed E-state index contributed by atoms with van der Waals surface area (Å²) < 4.78 is 18.3. The summed E-state index contributed by atoms with van der Waals surface area (Å²) in [5.74, 6) is 0.139. The number of hydrogen-bond acceptors (Lipinski definition) is 4. The van der Waals surface area contributed by atoms with Gasteiger partial charge in [-0.05, 0) is 32.0 Å². The molecule has 0 aliphatic heterocycles. The SMILES string of the molecule is CC(C)Oc1cncc(C(O)c2ccc(F)cn2)c1. The Morgan fingerprint density at radius 1 is 1.21 bits per heavy atom. The second-order valence-corrected chi connectivity index (χ2v) is 4.42. The van der Waals surface area contributed by atoms with E-state index in [1.165, 1.54) is 18.3 Å². The lowest BCUT2D eigenvalue weighted by Gasteiger charge is -2.13. The maximum atomic E-state index is 12.8. The van der Waals surface area contributed by atoms with Crippen molar-refractivity contribution in [1.29, 1.82) is 0 Å². The Bertz CT molecular complexity index is 543. The van der Waals surface area contributed by atoms with E-state index in [0.29, 0.717) is 17.0 Å². The van der Waals surface area contributed by atoms with Gasteiger partial charge in [0.15, 0.2) is 0 Å². The summed E-state index contributed by atoms with van der Waals surface area (Å²) in [6.45, 7) is 3.81. The van der Waals surface area contributed by atoms with Crippen molar-refractivity contribution >= 4 is 0 Å². The van der Waals surface area contributed by atoms with Crippen LogP contribution in [0.4, 0.5) is 4.39 Å². The molecule has 0 aromatic carbocycles. The molecule has 2 heterocycles. The Morgan fingerprint density at radius 2 is 2.00 bits per heavy atom. The van der Waals surface area contributed by atoms with Crippen molar-refractivity contribution in [3.8, 4) is 5.75 Å². The maximum absolute atomic E-state index is 12.8. The van der Waals surface area contributed by atoms with Crippen molar-refractivity contribution in [1.82, 2.24) is 9.97 Å². The van der Waals surface area contributed by atoms with Crippen LogP contribution in [-0.4, -0.2) is 21.2 Å². The van der Waals surface area contributed by atoms with E-state index in [9.17, 15) is 9.50 Å². The number of aliphatic hydroxyl groups excluding tert-OH is 1. The van der Waals surface area contributed by atoms with Crippen LogP contribution in [0, 0.1) is 5.82 Å². The predicted molar refractivity (Wildman–Crippen MR) is 68.3 cm³/mol. The minimum Gasteiger partial charge on any atom is -0.489 e. The van der Waals surface area contributed by atoms with Crippen molar-refractivity contribution in [2.75, 3.05) is 0 Å². The van der Waals surface area contributed by atoms with Crippen LogP contribution in [0.25, 0.3) is 0 Å². The van der Waals surface area contributed by atoms with Gasteiger partial charge in [0, 0.05) is 11.8 Å². The van der Waals surface area contributed by atoms with Crippen molar-refractivity contribution in [2.45, 2.75) is 26.1 Å². The smallest absolute Gasteiger partial charge is 0.141 e. The average molecular weight is 262 g/mol. The van der Waals surface area contributed by atoms with Crippen LogP contribution >= 0.6 is 0 Å². The lowest BCUT2D eigenvalue weighted by atomic mass is 10.1. The number of nitrogens with zero attached hydrogens (tertiary/aromatic N) is 2. The molecule has 0 radical (unpaired) electrons. The zero-order valence-electron chi connectivity index (χ0n) is 10.7. The third-order valence-corrected chi connectivity index (χ3v) is 2.45. The standard InChI is InChI=1S/C14H15FN2O2/c1-9(2)19-12-5-10(6-16-8-12)14(18)13-4-3-11(15)7-17-13/h3-9,14,18H,1-2H3. The molecule has 2 aromatic heterocycles. The quantitative estimate of drug-likeness (QED) is 0.919. The molecule has 2 rings (SSSR count). The molecule has 0 saturated heterocycles. The van der Waals surface area contributed by atoms with Gasteiger partial charge in [0.05, 0.1) is 24.2 Å². The lowest BCUT2D eigenvalue weighted by Crippen LogP contribution is -2.08. The molecule has 100 valence electrons. The second-order valence-electron chi connectivity index (χ2n) is 4.42. The molecule has 0 amide bonds. The molecule has 0 fully saturated rings. The Kier molecular flexibility index (Phi) is 4.06. The first-order valence-corrected chi connectivity index (χ1v) is 5.97. The fraction of sp³-hybridized carbons (Fsp3) is 0.286. The number of hydrogen-bond donors (Lipinski definition) is 1. The van der Waals surface area contributed by atoms with E-state index in [2.05, 4.69) is 9.97 Å². The van der Waals surface area contributed by atoms with Crippen LogP contribution in [0.3, 0.4) is 0 Å². The normalized spacial score (nSPS) is 12.5. The van der Waals surface area contributed by atoms with Gasteiger partial charge in [-0.2, -0.15) is 0 Å². The van der Waals surface area contributed by atoms with E-state index in [0.717, 1.165) is 6.20 Å². The van der Waals surface area contributed by atoms with E-state index in [1.54, 1.807) is 12.3 Å². The highest BCUT2D eigenvalue weighted by molar-refractivity contribution is 5.29. The number of aromatic nitrogens is 2. The molecule has 2 aromatic rings. The largest absolute Gasteiger partial charge is 0.489 e. The van der Waals surface area contributed by atoms with Gasteiger partial charge in [-0.1, -0.05) is 0 Å². The van der Waals surface area contributed by atoms with Gasteiger partial charge in [-0.25, -0.2) is 4.39 Å². The molecule has 0 aliphatic carbocycles. The Morgan fingerprint density at radius 3 is 2.63 bits per heavy atom. The second kappa shape index (κ2) is 5.75. The third-order valence-electron chi connectivity index (χ3n) is 2.45. The number of halogens is 1. The number of ether oxygens (including phenoxy) is 1. The molecule has 0 saturated carbocycles. The van der Waals surface area contributed by atoms with Crippen molar-refractivity contribution in [3.63, 3.8) is 0 Å². The zero-order chi connectivity index (χ0) is 13.8. The first kappa shape index (κ1) is 13.4. The molecular weight excluding hydrogens is 247 g/mol. The van der Waals surface area contributed by atoms with Gasteiger partial charge < -0.3 is 9.84 Å². The molecule has 1 unspecified atom stereocenters. The van der Waals surface area contributed by atoms with E-state index >= 15 is 0 Å². The molecule has 0 spiro atoms. The summed E-state index contributed by atoms with van der Waals surface area (Å²) in [6.07, 6.45) is 3.25. The summed E-state index contributed by atoms with van der Waals surface area (Å²) in [5, 5.41) is 10.2. The predicted octanol–water partition coefficient (Wildman–Crippen LogP) is 2.48. The van der Waals surface area contributed by atoms with E-state index in [1.807, 2.05) is 13.8 Å². The van der Waals surface area contributed by atoms with E-state index in [-0.39, 0.29) is 6.10 Å². The van der Waals surface area contributed by atoms with Crippen LogP contribution in [-0.2, 0) is 0 Å². The molecule has 1 atom stereocenters. The molecule has 19 heavy (non-hydrogen) atoms. The minimum atomic E-state index is -0.955. The molecular formula is C14H15FN2O2. The summed E-state index contributed by atoms with van der Waals surface area (Å²) >= 11 is 0. The maximum Gasteiger partial charge on any atom is 0.141 e. The van der Waals surface area contributed by atoms with Gasteiger partial charge in [-0.15, -0.1) is 0 Å². The van der Waals surface area contributed by atoms with Gasteiger partial charge in [0.2, 0.25) is 0 Å². The fourth-order valence-corrected chi connectivity index (χ4v) is 1.64. The Balaban J connectivity index is 2.23. The summed E-state index contributed by atoms with van der Waals surface area (Å²) in [5.41, 5.74) is 0.919. The molecule has 1 N–H and O–H groups in total. The topological polar surface area (TPSA) is 55.2 Å². The van der Waals surface area contributed by atoms with Gasteiger partial charge in [0.25, 0.3) is 0 Å². The van der Waals surface area contributed by atoms with Crippen LogP contribution in [0.2, 0.25) is 0 Å². The van der Waals surface area contributed by atoms with E-state index < -0.39 is 11.9 Å². The van der Waals surface area contributed by atoms with Crippen LogP contribution < -0.4 is 4.74 Å². The lowest BCUT2D eigenvalue weighted by molar-refractivity contribution is 0.211. The highest BCUT2D eigenvalue weighted by Gasteiger charge is 2.13. The van der Waals surface area contributed by atoms with Crippen molar-refractivity contribution < 1.29 is 14.2 Å². The van der Waals surface area contributed by atoms with Gasteiger partial charge in [0.1, 0.15) is 17.7 Å². The van der Waals surface area contributed by atoms with Gasteiger partial charge >= 0.3 is 0 Å². The third kappa shape index (κ3) is 3.48. The fourth-order valence-electron chi connectivity index (χ4n) is 1.64. The number of aliphatic hydroxyl groups is 1. The minimum absolute atomic E-state index is 0.0261. The highest BCUT2D eigenvalue weighted by atomic mass is 19.1.